The maximum Gasteiger partial charge on any atom is 0.104 e. The molecule has 1 aromatic rings. The Balaban J connectivity index is 3.11. The van der Waals surface area contributed by atoms with Gasteiger partial charge in [0.25, 0.3) is 0 Å². The first kappa shape index (κ1) is 11.1. The molecule has 0 aliphatic rings. The van der Waals surface area contributed by atoms with E-state index in [-0.39, 0.29) is 13.2 Å². The average Bonchev–Trinajstić information content (AvgIpc) is 2.26. The van der Waals surface area contributed by atoms with Crippen molar-refractivity contribution in [2.24, 2.45) is 0 Å². The van der Waals surface area contributed by atoms with Gasteiger partial charge in [-0.3, -0.25) is 4.98 Å². The number of nitrogen functional groups attached to an aromatic ring is 1. The van der Waals surface area contributed by atoms with Crippen LogP contribution in [0.3, 0.4) is 0 Å². The minimum Gasteiger partial charge on any atom is -0.397 e. The molecule has 76 valence electrons. The number of aliphatic hydroxyl groups is 2. The van der Waals surface area contributed by atoms with Crippen LogP contribution in [0.25, 0.3) is 0 Å². The van der Waals surface area contributed by atoms with Gasteiger partial charge in [-0.25, -0.2) is 0 Å². The molecule has 4 heteroatoms. The number of nitrogens with zero attached hydrogens (tertiary/aromatic N) is 1. The lowest BCUT2D eigenvalue weighted by molar-refractivity contribution is 0.350. The predicted octanol–water partition coefficient (Wildman–Crippen LogP) is -0.649. The number of rotatable bonds is 0. The standard InChI is InChI=1S/C11H10N2O2/c12-11-9(3-1-5-14)7-13-8-10(11)4-2-6-15/h7-8,14-15H,5-6H2,(H2,12,13). The summed E-state index contributed by atoms with van der Waals surface area (Å²) < 4.78 is 0. The van der Waals surface area contributed by atoms with Gasteiger partial charge in [0.15, 0.2) is 0 Å². The summed E-state index contributed by atoms with van der Waals surface area (Å²) in [4.78, 5) is 3.90. The Morgan fingerprint density at radius 3 is 1.93 bits per heavy atom. The number of anilines is 1. The van der Waals surface area contributed by atoms with E-state index in [0.717, 1.165) is 0 Å². The van der Waals surface area contributed by atoms with E-state index < -0.39 is 0 Å². The van der Waals surface area contributed by atoms with Gasteiger partial charge in [0.1, 0.15) is 13.2 Å². The molecule has 1 aromatic heterocycles. The zero-order valence-electron chi connectivity index (χ0n) is 7.99. The first-order valence-electron chi connectivity index (χ1n) is 4.22. The molecule has 0 fully saturated rings. The van der Waals surface area contributed by atoms with E-state index in [1.807, 2.05) is 0 Å². The second-order valence-corrected chi connectivity index (χ2v) is 2.57. The van der Waals surface area contributed by atoms with Crippen molar-refractivity contribution in [3.63, 3.8) is 0 Å². The summed E-state index contributed by atoms with van der Waals surface area (Å²) in [7, 11) is 0. The monoisotopic (exact) mass is 202 g/mol. The third kappa shape index (κ3) is 2.99. The molecule has 0 amide bonds. The fraction of sp³-hybridized carbons (Fsp3) is 0.182. The van der Waals surface area contributed by atoms with Crippen LogP contribution in [0.1, 0.15) is 11.1 Å². The van der Waals surface area contributed by atoms with Gasteiger partial charge in [-0.05, 0) is 0 Å². The van der Waals surface area contributed by atoms with Crippen molar-refractivity contribution in [1.82, 2.24) is 4.98 Å². The first-order valence-corrected chi connectivity index (χ1v) is 4.22. The average molecular weight is 202 g/mol. The van der Waals surface area contributed by atoms with E-state index in [2.05, 4.69) is 28.7 Å². The smallest absolute Gasteiger partial charge is 0.104 e. The summed E-state index contributed by atoms with van der Waals surface area (Å²) in [6.45, 7) is -0.460. The highest BCUT2D eigenvalue weighted by Gasteiger charge is 2.00. The largest absolute Gasteiger partial charge is 0.397 e. The molecule has 0 bridgehead atoms. The van der Waals surface area contributed by atoms with E-state index in [0.29, 0.717) is 16.8 Å². The van der Waals surface area contributed by atoms with Crippen LogP contribution in [0, 0.1) is 23.7 Å². The number of hydrogen-bond donors (Lipinski definition) is 3. The molecule has 0 saturated heterocycles. The lowest BCUT2D eigenvalue weighted by atomic mass is 10.1. The molecule has 0 aromatic carbocycles. The fourth-order valence-electron chi connectivity index (χ4n) is 0.939. The molecule has 15 heavy (non-hydrogen) atoms. The van der Waals surface area contributed by atoms with Gasteiger partial charge in [0, 0.05) is 12.4 Å². The second-order valence-electron chi connectivity index (χ2n) is 2.57. The van der Waals surface area contributed by atoms with Gasteiger partial charge in [0.2, 0.25) is 0 Å². The minimum absolute atomic E-state index is 0.230. The van der Waals surface area contributed by atoms with Crippen molar-refractivity contribution >= 4 is 5.69 Å². The molecular weight excluding hydrogens is 192 g/mol. The lowest BCUT2D eigenvalue weighted by Gasteiger charge is -1.99. The van der Waals surface area contributed by atoms with Crippen LogP contribution < -0.4 is 5.73 Å². The Morgan fingerprint density at radius 1 is 1.07 bits per heavy atom. The number of nitrogens with two attached hydrogens (primary N) is 1. The van der Waals surface area contributed by atoms with E-state index in [4.69, 9.17) is 15.9 Å². The summed E-state index contributed by atoms with van der Waals surface area (Å²) in [5.41, 5.74) is 7.21. The maximum absolute atomic E-state index is 8.53. The van der Waals surface area contributed by atoms with Crippen molar-refractivity contribution < 1.29 is 10.2 Å². The lowest BCUT2D eigenvalue weighted by Crippen LogP contribution is -1.96. The van der Waals surface area contributed by atoms with Gasteiger partial charge in [-0.1, -0.05) is 23.7 Å². The maximum atomic E-state index is 8.53. The van der Waals surface area contributed by atoms with Gasteiger partial charge < -0.3 is 15.9 Å². The van der Waals surface area contributed by atoms with Gasteiger partial charge >= 0.3 is 0 Å². The van der Waals surface area contributed by atoms with Crippen molar-refractivity contribution in [2.45, 2.75) is 0 Å². The number of hydrogen-bond acceptors (Lipinski definition) is 4. The van der Waals surface area contributed by atoms with E-state index in [1.54, 1.807) is 0 Å². The Hall–Kier alpha value is -2.01. The molecule has 4 N–H and O–H groups in total. The van der Waals surface area contributed by atoms with Gasteiger partial charge in [0.05, 0.1) is 16.8 Å². The Morgan fingerprint density at radius 2 is 1.53 bits per heavy atom. The van der Waals surface area contributed by atoms with Crippen LogP contribution in [0.15, 0.2) is 12.4 Å². The van der Waals surface area contributed by atoms with Crippen LogP contribution in [0.4, 0.5) is 5.69 Å². The van der Waals surface area contributed by atoms with Crippen molar-refractivity contribution in [1.29, 1.82) is 0 Å². The molecular formula is C11H10N2O2. The summed E-state index contributed by atoms with van der Waals surface area (Å²) in [5.74, 6) is 10.3. The summed E-state index contributed by atoms with van der Waals surface area (Å²) in [5, 5.41) is 17.1. The summed E-state index contributed by atoms with van der Waals surface area (Å²) in [6.07, 6.45) is 3.00. The topological polar surface area (TPSA) is 79.4 Å². The molecule has 1 rings (SSSR count). The third-order valence-corrected chi connectivity index (χ3v) is 1.59. The predicted molar refractivity (Wildman–Crippen MR) is 56.6 cm³/mol. The third-order valence-electron chi connectivity index (χ3n) is 1.59. The molecule has 4 nitrogen and oxygen atoms in total. The van der Waals surface area contributed by atoms with Crippen LogP contribution >= 0.6 is 0 Å². The van der Waals surface area contributed by atoms with Gasteiger partial charge in [-0.2, -0.15) is 0 Å². The fourth-order valence-corrected chi connectivity index (χ4v) is 0.939. The van der Waals surface area contributed by atoms with Crippen molar-refractivity contribution in [3.8, 4) is 23.7 Å². The first-order chi connectivity index (χ1) is 7.29. The second kappa shape index (κ2) is 5.66. The molecule has 1 heterocycles. The zero-order chi connectivity index (χ0) is 11.1. The highest BCUT2D eigenvalue weighted by atomic mass is 16.3. The molecule has 0 radical (unpaired) electrons. The quantitative estimate of drug-likeness (QED) is 0.488. The Bertz CT molecular complexity index is 421. The molecule has 0 atom stereocenters. The van der Waals surface area contributed by atoms with E-state index >= 15 is 0 Å². The van der Waals surface area contributed by atoms with Gasteiger partial charge in [-0.15, -0.1) is 0 Å². The minimum atomic E-state index is -0.230. The normalized spacial score (nSPS) is 8.40. The highest BCUT2D eigenvalue weighted by molar-refractivity contribution is 5.64. The zero-order valence-corrected chi connectivity index (χ0v) is 7.99. The summed E-state index contributed by atoms with van der Waals surface area (Å²) >= 11 is 0. The Labute approximate surface area is 87.8 Å². The molecule has 0 saturated carbocycles. The molecule has 0 aliphatic heterocycles. The molecule has 0 aliphatic carbocycles. The number of pyridine rings is 1. The molecule has 0 spiro atoms. The molecule has 0 unspecified atom stereocenters. The van der Waals surface area contributed by atoms with E-state index in [9.17, 15) is 0 Å². The summed E-state index contributed by atoms with van der Waals surface area (Å²) in [6, 6.07) is 0. The van der Waals surface area contributed by atoms with Crippen LogP contribution in [0.2, 0.25) is 0 Å². The van der Waals surface area contributed by atoms with Crippen LogP contribution in [-0.2, 0) is 0 Å². The van der Waals surface area contributed by atoms with Crippen LogP contribution in [0.5, 0.6) is 0 Å². The SMILES string of the molecule is Nc1c(C#CCO)cncc1C#CCO. The number of aromatic nitrogens is 1. The Kier molecular flexibility index (Phi) is 4.18. The van der Waals surface area contributed by atoms with Crippen molar-refractivity contribution in [3.05, 3.63) is 23.5 Å². The number of aliphatic hydroxyl groups excluding tert-OH is 2. The van der Waals surface area contributed by atoms with E-state index in [1.165, 1.54) is 12.4 Å². The van der Waals surface area contributed by atoms with Crippen LogP contribution in [-0.4, -0.2) is 28.4 Å². The van der Waals surface area contributed by atoms with Crippen molar-refractivity contribution in [2.75, 3.05) is 18.9 Å². The highest BCUT2D eigenvalue weighted by Crippen LogP contribution is 2.13.